The van der Waals surface area contributed by atoms with Crippen LogP contribution in [-0.2, 0) is 6.18 Å². The van der Waals surface area contributed by atoms with Gasteiger partial charge in [0.2, 0.25) is 0 Å². The van der Waals surface area contributed by atoms with Gasteiger partial charge in [-0.25, -0.2) is 9.50 Å². The predicted octanol–water partition coefficient (Wildman–Crippen LogP) is 5.92. The van der Waals surface area contributed by atoms with Crippen LogP contribution in [0, 0.1) is 0 Å². The van der Waals surface area contributed by atoms with Crippen LogP contribution in [0.5, 0.6) is 0 Å². The van der Waals surface area contributed by atoms with E-state index in [9.17, 15) is 18.0 Å². The van der Waals surface area contributed by atoms with Gasteiger partial charge < -0.3 is 10.6 Å². The molecule has 0 bridgehead atoms. The van der Waals surface area contributed by atoms with Crippen molar-refractivity contribution in [2.24, 2.45) is 0 Å². The van der Waals surface area contributed by atoms with Gasteiger partial charge in [0.1, 0.15) is 0 Å². The third kappa shape index (κ3) is 4.93. The summed E-state index contributed by atoms with van der Waals surface area (Å²) in [5.74, 6) is -0.198. The molecule has 2 N–H and O–H groups in total. The number of nitrogens with zero attached hydrogens (tertiary/aromatic N) is 5. The molecule has 4 heterocycles. The highest BCUT2D eigenvalue weighted by Gasteiger charge is 2.35. The Bertz CT molecular complexity index is 1500. The van der Waals surface area contributed by atoms with E-state index < -0.39 is 17.8 Å². The maximum absolute atomic E-state index is 13.7. The van der Waals surface area contributed by atoms with Gasteiger partial charge in [-0.1, -0.05) is 17.7 Å². The molecule has 0 radical (unpaired) electrons. The average molecular weight is 516 g/mol. The number of carbonyl (C=O) groups is 1. The number of alkyl halides is 3. The van der Waals surface area contributed by atoms with Crippen LogP contribution < -0.4 is 10.6 Å². The minimum Gasteiger partial charge on any atom is -0.339 e. The van der Waals surface area contributed by atoms with Gasteiger partial charge in [-0.15, -0.1) is 21.5 Å². The largest absolute Gasteiger partial charge is 0.433 e. The summed E-state index contributed by atoms with van der Waals surface area (Å²) in [5, 5.41) is 19.1. The minimum atomic E-state index is -4.69. The standard InChI is InChI=1S/C22H13ClF3N7OS/c23-18-7-8-19(31-30-18)27-12-3-5-13(6-4-12)28-21(34)15-11-20-29-14(16-2-1-9-35-16)10-17(22(24,25)26)33(20)32-15/h1-11H,(H,27,31)(H,28,34). The Morgan fingerprint density at radius 3 is 2.43 bits per heavy atom. The number of fused-ring (bicyclic) bond motifs is 1. The fraction of sp³-hybridized carbons (Fsp3) is 0.0455. The van der Waals surface area contributed by atoms with Gasteiger partial charge in [-0.3, -0.25) is 4.79 Å². The summed E-state index contributed by atoms with van der Waals surface area (Å²) in [5.41, 5.74) is -0.0663. The zero-order valence-electron chi connectivity index (χ0n) is 17.4. The number of carbonyl (C=O) groups excluding carboxylic acids is 1. The first kappa shape index (κ1) is 22.7. The van der Waals surface area contributed by atoms with Gasteiger partial charge in [0.25, 0.3) is 5.91 Å². The molecule has 0 aliphatic carbocycles. The summed E-state index contributed by atoms with van der Waals surface area (Å²) in [7, 11) is 0. The summed E-state index contributed by atoms with van der Waals surface area (Å²) in [6, 6.07) is 15.4. The molecule has 1 aromatic carbocycles. The Morgan fingerprint density at radius 2 is 1.77 bits per heavy atom. The van der Waals surface area contributed by atoms with Gasteiger partial charge in [-0.05, 0) is 53.9 Å². The van der Waals surface area contributed by atoms with Gasteiger partial charge in [0, 0.05) is 17.4 Å². The molecule has 8 nitrogen and oxygen atoms in total. The van der Waals surface area contributed by atoms with Gasteiger partial charge in [0.05, 0.1) is 10.6 Å². The second-order valence-corrected chi connectivity index (χ2v) is 8.53. The molecule has 0 unspecified atom stereocenters. The van der Waals surface area contributed by atoms with Crippen molar-refractivity contribution >= 4 is 51.7 Å². The first-order chi connectivity index (χ1) is 16.8. The molecule has 176 valence electrons. The van der Waals surface area contributed by atoms with E-state index in [1.54, 1.807) is 53.9 Å². The van der Waals surface area contributed by atoms with E-state index in [0.717, 1.165) is 6.07 Å². The quantitative estimate of drug-likeness (QED) is 0.302. The van der Waals surface area contributed by atoms with Crippen LogP contribution in [0.1, 0.15) is 16.2 Å². The highest BCUT2D eigenvalue weighted by atomic mass is 35.5. The fourth-order valence-corrected chi connectivity index (χ4v) is 3.99. The highest BCUT2D eigenvalue weighted by Crippen LogP contribution is 2.33. The third-order valence-electron chi connectivity index (χ3n) is 4.77. The number of hydrogen-bond donors (Lipinski definition) is 2. The molecule has 4 aromatic heterocycles. The van der Waals surface area contributed by atoms with E-state index in [2.05, 4.69) is 30.9 Å². The molecule has 0 spiro atoms. The number of aromatic nitrogens is 5. The van der Waals surface area contributed by atoms with E-state index in [4.69, 9.17) is 11.6 Å². The molecule has 0 fully saturated rings. The number of rotatable bonds is 5. The predicted molar refractivity (Wildman–Crippen MR) is 126 cm³/mol. The lowest BCUT2D eigenvalue weighted by atomic mass is 10.2. The molecular formula is C22H13ClF3N7OS. The lowest BCUT2D eigenvalue weighted by Gasteiger charge is -2.10. The SMILES string of the molecule is O=C(Nc1ccc(Nc2ccc(Cl)nn2)cc1)c1cc2nc(-c3cccs3)cc(C(F)(F)F)n2n1. The summed E-state index contributed by atoms with van der Waals surface area (Å²) >= 11 is 6.98. The zero-order valence-corrected chi connectivity index (χ0v) is 19.0. The Hall–Kier alpha value is -4.03. The Balaban J connectivity index is 1.38. The Labute approximate surface area is 204 Å². The Kier molecular flexibility index (Phi) is 5.83. The van der Waals surface area contributed by atoms with Gasteiger partial charge in [-0.2, -0.15) is 18.3 Å². The van der Waals surface area contributed by atoms with Crippen molar-refractivity contribution in [1.29, 1.82) is 0 Å². The van der Waals surface area contributed by atoms with Crippen molar-refractivity contribution in [3.05, 3.63) is 82.6 Å². The second kappa shape index (κ2) is 8.96. The van der Waals surface area contributed by atoms with Crippen molar-refractivity contribution < 1.29 is 18.0 Å². The van der Waals surface area contributed by atoms with E-state index in [1.807, 2.05) is 0 Å². The smallest absolute Gasteiger partial charge is 0.339 e. The zero-order chi connectivity index (χ0) is 24.6. The number of amides is 1. The molecule has 0 aliphatic heterocycles. The highest BCUT2D eigenvalue weighted by molar-refractivity contribution is 7.13. The van der Waals surface area contributed by atoms with E-state index in [-0.39, 0.29) is 22.2 Å². The second-order valence-electron chi connectivity index (χ2n) is 7.20. The number of thiophene rings is 1. The van der Waals surface area contributed by atoms with Crippen LogP contribution in [0.3, 0.4) is 0 Å². The van der Waals surface area contributed by atoms with Gasteiger partial charge >= 0.3 is 6.18 Å². The Morgan fingerprint density at radius 1 is 1.00 bits per heavy atom. The van der Waals surface area contributed by atoms with Crippen LogP contribution in [0.15, 0.2) is 66.0 Å². The molecule has 35 heavy (non-hydrogen) atoms. The van der Waals surface area contributed by atoms with E-state index in [1.165, 1.54) is 17.4 Å². The van der Waals surface area contributed by atoms with Gasteiger partial charge in [0.15, 0.2) is 28.0 Å². The monoisotopic (exact) mass is 515 g/mol. The van der Waals surface area contributed by atoms with Crippen molar-refractivity contribution in [2.45, 2.75) is 6.18 Å². The lowest BCUT2D eigenvalue weighted by Crippen LogP contribution is -2.15. The molecule has 0 aliphatic rings. The number of nitrogens with one attached hydrogen (secondary N) is 2. The van der Waals surface area contributed by atoms with Crippen LogP contribution in [0.2, 0.25) is 5.15 Å². The van der Waals surface area contributed by atoms with Crippen LogP contribution in [0.25, 0.3) is 16.2 Å². The number of halogens is 4. The van der Waals surface area contributed by atoms with Crippen LogP contribution in [-0.4, -0.2) is 30.7 Å². The maximum atomic E-state index is 13.7. The summed E-state index contributed by atoms with van der Waals surface area (Å²) in [6.07, 6.45) is -4.69. The third-order valence-corrected chi connectivity index (χ3v) is 5.87. The molecule has 0 atom stereocenters. The van der Waals surface area contributed by atoms with Crippen molar-refractivity contribution in [3.8, 4) is 10.6 Å². The fourth-order valence-electron chi connectivity index (χ4n) is 3.20. The molecule has 0 saturated heterocycles. The van der Waals surface area contributed by atoms with Crippen molar-refractivity contribution in [3.63, 3.8) is 0 Å². The average Bonchev–Trinajstić information content (AvgIpc) is 3.50. The van der Waals surface area contributed by atoms with E-state index >= 15 is 0 Å². The first-order valence-corrected chi connectivity index (χ1v) is 11.2. The van der Waals surface area contributed by atoms with Crippen LogP contribution in [0.4, 0.5) is 30.4 Å². The molecule has 5 aromatic rings. The summed E-state index contributed by atoms with van der Waals surface area (Å²) in [4.78, 5) is 17.6. The summed E-state index contributed by atoms with van der Waals surface area (Å²) < 4.78 is 41.7. The molecule has 1 amide bonds. The summed E-state index contributed by atoms with van der Waals surface area (Å²) in [6.45, 7) is 0. The molecule has 0 saturated carbocycles. The maximum Gasteiger partial charge on any atom is 0.433 e. The molecule has 5 rings (SSSR count). The lowest BCUT2D eigenvalue weighted by molar-refractivity contribution is -0.142. The van der Waals surface area contributed by atoms with Crippen molar-refractivity contribution in [1.82, 2.24) is 24.8 Å². The van der Waals surface area contributed by atoms with E-state index in [0.29, 0.717) is 26.6 Å². The molecule has 13 heteroatoms. The van der Waals surface area contributed by atoms with Crippen molar-refractivity contribution in [2.75, 3.05) is 10.6 Å². The van der Waals surface area contributed by atoms with Crippen LogP contribution >= 0.6 is 22.9 Å². The number of benzene rings is 1. The molecular weight excluding hydrogens is 503 g/mol. The number of hydrogen-bond acceptors (Lipinski definition) is 7. The first-order valence-electron chi connectivity index (χ1n) is 9.96. The normalized spacial score (nSPS) is 11.5. The number of anilines is 3. The minimum absolute atomic E-state index is 0.0861. The topological polar surface area (TPSA) is 97.1 Å².